The van der Waals surface area contributed by atoms with Crippen LogP contribution in [0.25, 0.3) is 71.5 Å². The van der Waals surface area contributed by atoms with Crippen LogP contribution in [0.2, 0.25) is 20.1 Å². The lowest BCUT2D eigenvalue weighted by molar-refractivity contribution is 0.445. The lowest BCUT2D eigenvalue weighted by Gasteiger charge is -2.24. The quantitative estimate of drug-likeness (QED) is 0.00874. The zero-order chi connectivity index (χ0) is 78.7. The van der Waals surface area contributed by atoms with Crippen molar-refractivity contribution in [1.82, 2.24) is 28.9 Å². The van der Waals surface area contributed by atoms with E-state index in [-0.39, 0.29) is 42.7 Å². The molecule has 12 aromatic rings. The first-order valence-electron chi connectivity index (χ1n) is 37.8. The van der Waals surface area contributed by atoms with Crippen molar-refractivity contribution in [3.63, 3.8) is 0 Å². The summed E-state index contributed by atoms with van der Waals surface area (Å²) in [5.41, 5.74) is 25.0. The van der Waals surface area contributed by atoms with Gasteiger partial charge in [-0.05, 0) is 158 Å². The van der Waals surface area contributed by atoms with Gasteiger partial charge in [-0.1, -0.05) is 310 Å². The fraction of sp³-hybridized carbons (Fsp3) is 0.175. The minimum absolute atomic E-state index is 0.0879. The summed E-state index contributed by atoms with van der Waals surface area (Å²) in [4.78, 5) is 25.4. The fourth-order valence-corrected chi connectivity index (χ4v) is 14.5. The van der Waals surface area contributed by atoms with Gasteiger partial charge in [-0.15, -0.1) is 0 Å². The van der Waals surface area contributed by atoms with Crippen LogP contribution in [-0.4, -0.2) is 42.6 Å². The van der Waals surface area contributed by atoms with E-state index in [1.54, 1.807) is 43.6 Å². The highest BCUT2D eigenvalue weighted by Crippen LogP contribution is 2.40. The van der Waals surface area contributed by atoms with E-state index in [9.17, 15) is 11.8 Å². The summed E-state index contributed by atoms with van der Waals surface area (Å²) in [6, 6.07) is 65.7. The van der Waals surface area contributed by atoms with Crippen LogP contribution in [-0.2, 0) is 0 Å². The van der Waals surface area contributed by atoms with Gasteiger partial charge in [0.2, 0.25) is 5.70 Å². The van der Waals surface area contributed by atoms with E-state index < -0.39 is 13.7 Å². The number of hydrogen-bond donors (Lipinski definition) is 0. The van der Waals surface area contributed by atoms with Crippen LogP contribution < -0.4 is 42.0 Å². The minimum Gasteiger partial charge on any atom is -0.449 e. The zero-order valence-corrected chi connectivity index (χ0v) is 66.1. The highest BCUT2D eigenvalue weighted by atomic mass is 35.5. The van der Waals surface area contributed by atoms with E-state index in [4.69, 9.17) is 80.7 Å². The van der Waals surface area contributed by atoms with Crippen LogP contribution in [0.15, 0.2) is 277 Å². The molecule has 0 atom stereocenters. The van der Waals surface area contributed by atoms with Crippen molar-refractivity contribution in [3.05, 3.63) is 331 Å². The van der Waals surface area contributed by atoms with Gasteiger partial charge in [-0.2, -0.15) is 5.26 Å². The third kappa shape index (κ3) is 19.8. The molecule has 4 aromatic heterocycles. The summed E-state index contributed by atoms with van der Waals surface area (Å²) in [6.07, 6.45) is 24.2. The molecule has 16 heteroatoms. The highest BCUT2D eigenvalue weighted by Gasteiger charge is 2.38. The second-order valence-corrected chi connectivity index (χ2v) is 28.3. The molecular weight excluding hydrogens is 1470 g/mol. The molecule has 12 rings (SSSR count). The van der Waals surface area contributed by atoms with Gasteiger partial charge in [0, 0.05) is 44.8 Å². The number of hydrogen-bond acceptors (Lipinski definition) is 7. The summed E-state index contributed by atoms with van der Waals surface area (Å²) in [7, 11) is 0. The molecular formula is C97H76B2Cl4N8O2. The molecule has 0 spiro atoms. The molecule has 0 aliphatic carbocycles. The van der Waals surface area contributed by atoms with Crippen molar-refractivity contribution >= 4 is 126 Å². The Hall–Kier alpha value is -12.6. The molecule has 0 aliphatic heterocycles. The first kappa shape index (κ1) is 80.0. The number of nitriles is 1. The Morgan fingerprint density at radius 2 is 0.973 bits per heavy atom. The van der Waals surface area contributed by atoms with Gasteiger partial charge in [-0.3, -0.25) is 15.0 Å². The standard InChI is InChI=1S/C97H76B2Cl4N8O2/c1-6-10-14-18-20-22-26-42-58-77(56-40-24-17-13-9-4)112-78-59-43-45-70(61-78)94-91-92(97(93(105-5)90-69-107-86-64-82(101)84(103)66-88(86)109-90)111(94)99(74-51-35-29-36-52-74)75-53-37-30-38-54-75)95(71-46-44-60-79(62-71)113-76(55-39-23-16-12-8-3)57-41-25-21-19-15-11-7-2)110(98(72-47-31-27-32-48-72)73-49-33-28-34-50-73)96(91)80(67-104)89-68-106-85-63-81(100)83(102)65-87(85)108-89/h27-38,42-54,57-66,68-69H,4,6-7,10-11,14-15,18-22,25-26,41H2,1-3H3/b58-42-,76-57?,96-80-,97-93+. The number of nitrogens with zero attached hydrogens (tertiary/aromatic N) is 8. The molecule has 10 nitrogen and oxygen atoms in total. The Morgan fingerprint density at radius 1 is 0.513 bits per heavy atom. The highest BCUT2D eigenvalue weighted by molar-refractivity contribution is 6.85. The molecule has 0 fully saturated rings. The third-order valence-corrected chi connectivity index (χ3v) is 20.4. The Morgan fingerprint density at radius 3 is 1.49 bits per heavy atom. The van der Waals surface area contributed by atoms with Crippen LogP contribution in [0.1, 0.15) is 122 Å². The Kier molecular flexibility index (Phi) is 28.6. The molecule has 8 aromatic carbocycles. The van der Waals surface area contributed by atoms with Crippen molar-refractivity contribution in [3.8, 4) is 75.6 Å². The van der Waals surface area contributed by atoms with Crippen LogP contribution in [0.3, 0.4) is 0 Å². The van der Waals surface area contributed by atoms with Crippen LogP contribution in [0, 0.1) is 53.4 Å². The molecule has 0 bridgehead atoms. The molecule has 0 saturated carbocycles. The number of aromatic nitrogens is 6. The zero-order valence-electron chi connectivity index (χ0n) is 63.0. The Labute approximate surface area is 681 Å². The molecule has 4 heterocycles. The first-order chi connectivity index (χ1) is 55.5. The number of unbranched alkanes of at least 4 members (excludes halogenated alkanes) is 12. The second kappa shape index (κ2) is 40.4. The molecule has 113 heavy (non-hydrogen) atoms. The van der Waals surface area contributed by atoms with Gasteiger partial charge in [0.05, 0.1) is 66.0 Å². The van der Waals surface area contributed by atoms with E-state index in [1.165, 1.54) is 32.1 Å². The van der Waals surface area contributed by atoms with Gasteiger partial charge >= 0.3 is 13.7 Å². The first-order valence-corrected chi connectivity index (χ1v) is 39.3. The second-order valence-electron chi connectivity index (χ2n) is 26.7. The molecule has 550 valence electrons. The largest absolute Gasteiger partial charge is 0.449 e. The summed E-state index contributed by atoms with van der Waals surface area (Å²) in [5.74, 6) is 19.2. The average Bonchev–Trinajstić information content (AvgIpc) is 1.52. The van der Waals surface area contributed by atoms with Crippen LogP contribution >= 0.6 is 46.4 Å². The van der Waals surface area contributed by atoms with E-state index in [0.717, 1.165) is 73.2 Å². The number of ether oxygens (including phenoxy) is 2. The van der Waals surface area contributed by atoms with Gasteiger partial charge in [0.25, 0.3) is 0 Å². The number of benzene rings is 8. The van der Waals surface area contributed by atoms with E-state index in [2.05, 4.69) is 160 Å². The maximum atomic E-state index is 12.9. The van der Waals surface area contributed by atoms with Gasteiger partial charge in [-0.25, -0.2) is 9.83 Å². The minimum atomic E-state index is -0.777. The molecule has 0 N–H and O–H groups in total. The Bertz CT molecular complexity index is 6090. The van der Waals surface area contributed by atoms with Crippen molar-refractivity contribution in [1.29, 1.82) is 5.26 Å². The van der Waals surface area contributed by atoms with E-state index in [0.29, 0.717) is 95.5 Å². The molecule has 0 aliphatic rings. The summed E-state index contributed by atoms with van der Waals surface area (Å²) < 4.78 is 18.5. The summed E-state index contributed by atoms with van der Waals surface area (Å²) in [5, 5.41) is 15.8. The lowest BCUT2D eigenvalue weighted by Crippen LogP contribution is -2.54. The topological polar surface area (TPSA) is 108 Å². The summed E-state index contributed by atoms with van der Waals surface area (Å²) in [6.45, 7) is 18.2. The van der Waals surface area contributed by atoms with Crippen LogP contribution in [0.4, 0.5) is 0 Å². The van der Waals surface area contributed by atoms with Crippen molar-refractivity contribution < 1.29 is 9.47 Å². The monoisotopic (exact) mass is 1550 g/mol. The number of rotatable bonds is 29. The molecule has 0 saturated heterocycles. The summed E-state index contributed by atoms with van der Waals surface area (Å²) >= 11 is 27.3. The third-order valence-electron chi connectivity index (χ3n) is 19.0. The molecule has 0 amide bonds. The van der Waals surface area contributed by atoms with Crippen LogP contribution in [0.5, 0.6) is 11.5 Å². The maximum Gasteiger partial charge on any atom is 0.328 e. The van der Waals surface area contributed by atoms with E-state index >= 15 is 0 Å². The predicted molar refractivity (Wildman–Crippen MR) is 467 cm³/mol. The van der Waals surface area contributed by atoms with Crippen molar-refractivity contribution in [2.75, 3.05) is 0 Å². The smallest absolute Gasteiger partial charge is 0.328 e. The normalized spacial score (nSPS) is 11.4. The SMILES string of the molecule is [C-]#[N+]/C(c1cnc2cc(Cl)c(Cl)cc2n1)=c1\c2c(-c3cccc(OC(C#CC#CC#CC)=CCCCCCCCC)c3)n(B(c3ccccc3)c3ccccc3)/c(=C(/C#N)c3cnc4cc(Cl)c(Cl)cc4n3)c2c(-c2cccc(OC(=C=C=C=C=C=C=C)/C=C\CCCCCCCC)c2)n1B(c1ccccc1)c1ccccc1. The fourth-order valence-electron chi connectivity index (χ4n) is 13.9. The van der Waals surface area contributed by atoms with Crippen molar-refractivity contribution in [2.24, 2.45) is 0 Å². The Balaban J connectivity index is 1.33. The molecule has 0 radical (unpaired) electrons. The van der Waals surface area contributed by atoms with Gasteiger partial charge < -0.3 is 18.4 Å². The van der Waals surface area contributed by atoms with Gasteiger partial charge in [0.1, 0.15) is 28.8 Å². The average molecular weight is 1550 g/mol. The number of allylic oxidation sites excluding steroid dienone is 4. The maximum absolute atomic E-state index is 12.9. The number of fused-ring (bicyclic) bond motifs is 3. The lowest BCUT2D eigenvalue weighted by atomic mass is 9.50. The molecule has 0 unspecified atom stereocenters. The predicted octanol–water partition coefficient (Wildman–Crippen LogP) is 20.6. The number of halogens is 4. The van der Waals surface area contributed by atoms with Gasteiger partial charge in [0.15, 0.2) is 11.5 Å². The van der Waals surface area contributed by atoms with Crippen molar-refractivity contribution in [2.45, 2.75) is 111 Å². The van der Waals surface area contributed by atoms with E-state index in [1.807, 2.05) is 133 Å².